The summed E-state index contributed by atoms with van der Waals surface area (Å²) in [5.74, 6) is 4.95. The molecule has 0 aromatic carbocycles. The lowest BCUT2D eigenvalue weighted by Crippen LogP contribution is -1.84. The Morgan fingerprint density at radius 2 is 2.33 bits per heavy atom. The Labute approximate surface area is 45.5 Å². The Morgan fingerprint density at radius 1 is 1.83 bits per heavy atom. The summed E-state index contributed by atoms with van der Waals surface area (Å²) in [6.45, 7) is 1.67. The third-order valence-electron chi connectivity index (χ3n) is 0.263. The molecule has 0 aromatic rings. The van der Waals surface area contributed by atoms with E-state index in [1.54, 1.807) is 6.92 Å². The number of rotatable bonds is 0. The highest BCUT2D eigenvalue weighted by atomic mass is 79.9. The van der Waals surface area contributed by atoms with Gasteiger partial charge in [0.05, 0.1) is 0 Å². The fourth-order valence-corrected chi connectivity index (χ4v) is 0.348. The number of halogens is 1. The maximum Gasteiger partial charge on any atom is 0.170 e. The lowest BCUT2D eigenvalue weighted by molar-refractivity contribution is 0.324. The molecule has 6 heavy (non-hydrogen) atoms. The van der Waals surface area contributed by atoms with E-state index < -0.39 is 5.01 Å². The van der Waals surface area contributed by atoms with Crippen LogP contribution in [0.2, 0.25) is 0 Å². The van der Waals surface area contributed by atoms with Gasteiger partial charge >= 0.3 is 0 Å². The van der Waals surface area contributed by atoms with Crippen molar-refractivity contribution in [3.63, 3.8) is 0 Å². The van der Waals surface area contributed by atoms with Crippen molar-refractivity contribution in [3.05, 3.63) is 0 Å². The van der Waals surface area contributed by atoms with E-state index in [2.05, 4.69) is 27.8 Å². The first-order valence-corrected chi connectivity index (χ1v) is 2.43. The summed E-state index contributed by atoms with van der Waals surface area (Å²) in [7, 11) is 0. The molecule has 0 spiro atoms. The van der Waals surface area contributed by atoms with Gasteiger partial charge in [0, 0.05) is 0 Å². The standard InChI is InChI=1S/C4H5BrO/c1-2-3-4(5)6/h4,6H,1H3. The third kappa shape index (κ3) is 4.00. The molecule has 1 atom stereocenters. The molecule has 0 aliphatic heterocycles. The summed E-state index contributed by atoms with van der Waals surface area (Å²) in [6.07, 6.45) is 0. The summed E-state index contributed by atoms with van der Waals surface area (Å²) in [6, 6.07) is 0. The molecule has 1 nitrogen and oxygen atoms in total. The molecule has 2 heteroatoms. The lowest BCUT2D eigenvalue weighted by Gasteiger charge is -1.79. The van der Waals surface area contributed by atoms with Crippen LogP contribution in [0.5, 0.6) is 0 Å². The van der Waals surface area contributed by atoms with Crippen molar-refractivity contribution in [1.29, 1.82) is 0 Å². The molecular weight excluding hydrogens is 144 g/mol. The van der Waals surface area contributed by atoms with Gasteiger partial charge in [-0.3, -0.25) is 0 Å². The zero-order valence-corrected chi connectivity index (χ0v) is 4.99. The second kappa shape index (κ2) is 3.20. The molecule has 0 aliphatic carbocycles. The van der Waals surface area contributed by atoms with Gasteiger partial charge in [-0.1, -0.05) is 5.92 Å². The second-order valence-electron chi connectivity index (χ2n) is 0.730. The maximum absolute atomic E-state index is 8.30. The highest BCUT2D eigenvalue weighted by Crippen LogP contribution is 1.87. The Balaban J connectivity index is 3.20. The number of aliphatic hydroxyl groups is 1. The van der Waals surface area contributed by atoms with Crippen LogP contribution >= 0.6 is 15.9 Å². The third-order valence-corrected chi connectivity index (χ3v) is 0.492. The molecule has 0 rings (SSSR count). The zero-order valence-electron chi connectivity index (χ0n) is 3.40. The second-order valence-corrected chi connectivity index (χ2v) is 1.60. The van der Waals surface area contributed by atoms with Crippen molar-refractivity contribution in [2.24, 2.45) is 0 Å². The number of aliphatic hydroxyl groups excluding tert-OH is 1. The molecule has 0 saturated carbocycles. The molecule has 0 aliphatic rings. The van der Waals surface area contributed by atoms with E-state index in [0.717, 1.165) is 0 Å². The van der Waals surface area contributed by atoms with Crippen LogP contribution in [0.1, 0.15) is 6.92 Å². The van der Waals surface area contributed by atoms with E-state index in [1.807, 2.05) is 0 Å². The van der Waals surface area contributed by atoms with Crippen molar-refractivity contribution in [1.82, 2.24) is 0 Å². The minimum Gasteiger partial charge on any atom is -0.371 e. The van der Waals surface area contributed by atoms with E-state index in [4.69, 9.17) is 5.11 Å². The van der Waals surface area contributed by atoms with Crippen LogP contribution < -0.4 is 0 Å². The van der Waals surface area contributed by atoms with Crippen LogP contribution in [-0.4, -0.2) is 10.1 Å². The number of hydrogen-bond acceptors (Lipinski definition) is 1. The number of hydrogen-bond donors (Lipinski definition) is 1. The zero-order chi connectivity index (χ0) is 4.99. The van der Waals surface area contributed by atoms with Crippen LogP contribution in [0.3, 0.4) is 0 Å². The minimum atomic E-state index is -0.650. The molecule has 0 bridgehead atoms. The Morgan fingerprint density at radius 3 is 2.33 bits per heavy atom. The molecular formula is C4H5BrO. The van der Waals surface area contributed by atoms with Crippen LogP contribution in [0.4, 0.5) is 0 Å². The summed E-state index contributed by atoms with van der Waals surface area (Å²) < 4.78 is 0. The Kier molecular flexibility index (Phi) is 3.20. The lowest BCUT2D eigenvalue weighted by atomic mass is 10.6. The van der Waals surface area contributed by atoms with Crippen molar-refractivity contribution in [2.45, 2.75) is 11.9 Å². The average molecular weight is 149 g/mol. The van der Waals surface area contributed by atoms with Gasteiger partial charge < -0.3 is 5.11 Å². The molecule has 0 radical (unpaired) electrons. The molecule has 34 valence electrons. The average Bonchev–Trinajstić information content (AvgIpc) is 1.35. The van der Waals surface area contributed by atoms with Crippen LogP contribution in [0, 0.1) is 11.8 Å². The first-order valence-electron chi connectivity index (χ1n) is 1.52. The summed E-state index contributed by atoms with van der Waals surface area (Å²) in [5, 5.41) is 7.64. The molecule has 0 saturated heterocycles. The summed E-state index contributed by atoms with van der Waals surface area (Å²) in [5.41, 5.74) is 0. The predicted octanol–water partition coefficient (Wildman–Crippen LogP) is 0.723. The molecule has 0 aromatic heterocycles. The fraction of sp³-hybridized carbons (Fsp3) is 0.500. The van der Waals surface area contributed by atoms with Crippen molar-refractivity contribution in [3.8, 4) is 11.8 Å². The Hall–Kier alpha value is 0. The van der Waals surface area contributed by atoms with E-state index in [-0.39, 0.29) is 0 Å². The monoisotopic (exact) mass is 148 g/mol. The predicted molar refractivity (Wildman–Crippen MR) is 28.4 cm³/mol. The fourth-order valence-electron chi connectivity index (χ4n) is 0.119. The van der Waals surface area contributed by atoms with Gasteiger partial charge in [-0.2, -0.15) is 0 Å². The number of alkyl halides is 1. The molecule has 0 heterocycles. The van der Waals surface area contributed by atoms with Gasteiger partial charge in [-0.15, -0.1) is 5.92 Å². The van der Waals surface area contributed by atoms with Crippen molar-refractivity contribution < 1.29 is 5.11 Å². The highest BCUT2D eigenvalue weighted by molar-refractivity contribution is 9.09. The summed E-state index contributed by atoms with van der Waals surface area (Å²) in [4.78, 5) is 0. The van der Waals surface area contributed by atoms with Crippen LogP contribution in [0.25, 0.3) is 0 Å². The first kappa shape index (κ1) is 6.00. The largest absolute Gasteiger partial charge is 0.371 e. The highest BCUT2D eigenvalue weighted by Gasteiger charge is 1.80. The van der Waals surface area contributed by atoms with E-state index in [1.165, 1.54) is 0 Å². The van der Waals surface area contributed by atoms with Crippen molar-refractivity contribution >= 4 is 15.9 Å². The first-order chi connectivity index (χ1) is 2.77. The van der Waals surface area contributed by atoms with Crippen LogP contribution in [-0.2, 0) is 0 Å². The van der Waals surface area contributed by atoms with Gasteiger partial charge in [0.15, 0.2) is 5.01 Å². The van der Waals surface area contributed by atoms with Gasteiger partial charge in [-0.25, -0.2) is 0 Å². The van der Waals surface area contributed by atoms with Gasteiger partial charge in [-0.05, 0) is 22.9 Å². The molecule has 0 fully saturated rings. The van der Waals surface area contributed by atoms with E-state index in [0.29, 0.717) is 0 Å². The minimum absolute atomic E-state index is 0.650. The normalized spacial score (nSPS) is 11.8. The van der Waals surface area contributed by atoms with E-state index in [9.17, 15) is 0 Å². The smallest absolute Gasteiger partial charge is 0.170 e. The van der Waals surface area contributed by atoms with E-state index >= 15 is 0 Å². The van der Waals surface area contributed by atoms with Gasteiger partial charge in [0.1, 0.15) is 0 Å². The summed E-state index contributed by atoms with van der Waals surface area (Å²) >= 11 is 2.82. The Bertz CT molecular complexity index is 77.3. The van der Waals surface area contributed by atoms with Crippen molar-refractivity contribution in [2.75, 3.05) is 0 Å². The van der Waals surface area contributed by atoms with Gasteiger partial charge in [0.25, 0.3) is 0 Å². The maximum atomic E-state index is 8.30. The molecule has 1 unspecified atom stereocenters. The topological polar surface area (TPSA) is 20.2 Å². The molecule has 1 N–H and O–H groups in total. The molecule has 0 amide bonds. The van der Waals surface area contributed by atoms with Gasteiger partial charge in [0.2, 0.25) is 0 Å². The SMILES string of the molecule is CC#CC(O)Br. The van der Waals surface area contributed by atoms with Crippen LogP contribution in [0.15, 0.2) is 0 Å². The quantitative estimate of drug-likeness (QED) is 0.397.